The SMILES string of the molecule is CCOC(=O)c1ccc(C(=O)C=C(c2cc(Cl)cc(Cl)c2)C(F)(F)F)cc1C.Cc1cc(C(=O)CC(O)(c2cc(Cl)cc(Cl)c2)C(F)(F)F)ccc1C(=O)O. The molecule has 0 saturated heterocycles. The number of aryl methyl sites for hydroxylation is 2. The minimum Gasteiger partial charge on any atom is -0.478 e. The monoisotopic (exact) mass is 850 g/mol. The average molecular weight is 852 g/mol. The van der Waals surface area contributed by atoms with Crippen LogP contribution in [0.5, 0.6) is 0 Å². The molecule has 0 aliphatic carbocycles. The minimum absolute atomic E-state index is 0.000392. The largest absolute Gasteiger partial charge is 0.478 e. The van der Waals surface area contributed by atoms with Crippen LogP contribution in [0.4, 0.5) is 26.3 Å². The second-order valence-electron chi connectivity index (χ2n) is 11.8. The van der Waals surface area contributed by atoms with E-state index in [9.17, 15) is 50.6 Å². The molecule has 0 radical (unpaired) electrons. The average Bonchev–Trinajstić information content (AvgIpc) is 3.05. The van der Waals surface area contributed by atoms with Crippen molar-refractivity contribution in [2.45, 2.75) is 45.1 Å². The highest BCUT2D eigenvalue weighted by atomic mass is 35.5. The highest BCUT2D eigenvalue weighted by Crippen LogP contribution is 2.44. The molecule has 0 aliphatic rings. The molecule has 0 aliphatic heterocycles. The number of aliphatic hydroxyl groups is 1. The summed E-state index contributed by atoms with van der Waals surface area (Å²) in [4.78, 5) is 47.7. The number of alkyl halides is 6. The molecule has 17 heteroatoms. The standard InChI is InChI=1S/C20H15Cl2F3O3.C18H13Cl2F3O4/c1-3-28-19(27)16-5-4-12(6-11(16)2)18(26)10-17(20(23,24)25)13-7-14(21)9-15(22)8-13;1-9-4-10(2-3-14(9)16(25)26)15(24)8-17(27,18(21,22)23)11-5-12(19)7-13(20)6-11/h4-10H,3H2,1-2H3;2-7,27H,8H2,1H3,(H,25,26). The van der Waals surface area contributed by atoms with E-state index in [0.717, 1.165) is 42.5 Å². The van der Waals surface area contributed by atoms with Crippen molar-refractivity contribution in [3.05, 3.63) is 143 Å². The number of allylic oxidation sites excluding steroid dienone is 2. The predicted octanol–water partition coefficient (Wildman–Crippen LogP) is 11.3. The third kappa shape index (κ3) is 11.6. The molecular formula is C38H28Cl4F6O7. The molecular weight excluding hydrogens is 824 g/mol. The molecule has 55 heavy (non-hydrogen) atoms. The smallest absolute Gasteiger partial charge is 0.421 e. The van der Waals surface area contributed by atoms with Crippen LogP contribution >= 0.6 is 46.4 Å². The third-order valence-corrected chi connectivity index (χ3v) is 8.64. The Morgan fingerprint density at radius 1 is 0.691 bits per heavy atom. The van der Waals surface area contributed by atoms with Crippen molar-refractivity contribution in [2.75, 3.05) is 6.61 Å². The zero-order chi connectivity index (χ0) is 41.6. The van der Waals surface area contributed by atoms with Gasteiger partial charge in [0.05, 0.1) is 29.7 Å². The first-order valence-electron chi connectivity index (χ1n) is 15.6. The second kappa shape index (κ2) is 18.0. The fraction of sp³-hybridized carbons (Fsp3) is 0.211. The summed E-state index contributed by atoms with van der Waals surface area (Å²) in [5, 5.41) is 19.1. The summed E-state index contributed by atoms with van der Waals surface area (Å²) in [7, 11) is 0. The second-order valence-corrected chi connectivity index (χ2v) is 13.5. The van der Waals surface area contributed by atoms with Gasteiger partial charge in [-0.05, 0) is 110 Å². The van der Waals surface area contributed by atoms with Gasteiger partial charge in [-0.2, -0.15) is 26.3 Å². The topological polar surface area (TPSA) is 118 Å². The van der Waals surface area contributed by atoms with Crippen molar-refractivity contribution >= 4 is 75.5 Å². The van der Waals surface area contributed by atoms with E-state index in [2.05, 4.69) is 0 Å². The highest BCUT2D eigenvalue weighted by Gasteiger charge is 2.56. The van der Waals surface area contributed by atoms with Crippen molar-refractivity contribution in [3.8, 4) is 0 Å². The third-order valence-electron chi connectivity index (χ3n) is 7.76. The lowest BCUT2D eigenvalue weighted by molar-refractivity contribution is -0.264. The van der Waals surface area contributed by atoms with Crippen molar-refractivity contribution in [1.29, 1.82) is 0 Å². The van der Waals surface area contributed by atoms with Crippen LogP contribution in [0.3, 0.4) is 0 Å². The molecule has 0 spiro atoms. The number of carbonyl (C=O) groups excluding carboxylic acids is 3. The molecule has 0 heterocycles. The normalized spacial score (nSPS) is 12.9. The van der Waals surface area contributed by atoms with Crippen molar-refractivity contribution in [2.24, 2.45) is 0 Å². The quantitative estimate of drug-likeness (QED) is 0.0706. The number of ketones is 2. The van der Waals surface area contributed by atoms with Gasteiger partial charge in [0.1, 0.15) is 0 Å². The lowest BCUT2D eigenvalue weighted by atomic mass is 9.86. The molecule has 4 aromatic carbocycles. The van der Waals surface area contributed by atoms with Crippen molar-refractivity contribution in [3.63, 3.8) is 0 Å². The van der Waals surface area contributed by atoms with Crippen LogP contribution in [-0.4, -0.2) is 52.7 Å². The molecule has 7 nitrogen and oxygen atoms in total. The predicted molar refractivity (Wildman–Crippen MR) is 195 cm³/mol. The number of esters is 1. The number of halogens is 10. The van der Waals surface area contributed by atoms with Crippen LogP contribution in [0.2, 0.25) is 20.1 Å². The summed E-state index contributed by atoms with van der Waals surface area (Å²) < 4.78 is 86.3. The molecule has 0 fully saturated rings. The number of carboxylic acids is 1. The Labute approximate surface area is 330 Å². The summed E-state index contributed by atoms with van der Waals surface area (Å²) in [5.41, 5.74) is -5.07. The van der Waals surface area contributed by atoms with E-state index in [4.69, 9.17) is 56.2 Å². The van der Waals surface area contributed by atoms with E-state index in [1.165, 1.54) is 37.3 Å². The van der Waals surface area contributed by atoms with Crippen molar-refractivity contribution in [1.82, 2.24) is 0 Å². The lowest BCUT2D eigenvalue weighted by Crippen LogP contribution is -2.44. The summed E-state index contributed by atoms with van der Waals surface area (Å²) in [6.45, 7) is 4.80. The molecule has 1 atom stereocenters. The van der Waals surface area contributed by atoms with Gasteiger partial charge in [0.25, 0.3) is 0 Å². The summed E-state index contributed by atoms with van der Waals surface area (Å²) >= 11 is 23.0. The number of carboxylic acid groups (broad SMARTS) is 1. The maximum Gasteiger partial charge on any atom is 0.421 e. The Balaban J connectivity index is 0.000000296. The zero-order valence-corrected chi connectivity index (χ0v) is 31.7. The molecule has 1 unspecified atom stereocenters. The van der Waals surface area contributed by atoms with Crippen LogP contribution in [-0.2, 0) is 10.3 Å². The number of hydrogen-bond acceptors (Lipinski definition) is 6. The lowest BCUT2D eigenvalue weighted by Gasteiger charge is -2.30. The first kappa shape index (κ1) is 45.0. The number of carbonyl (C=O) groups is 4. The number of aromatic carboxylic acids is 1. The van der Waals surface area contributed by atoms with Gasteiger partial charge in [-0.3, -0.25) is 9.59 Å². The molecule has 0 aromatic heterocycles. The number of hydrogen-bond donors (Lipinski definition) is 2. The number of Topliss-reactive ketones (excluding diaryl/α,β-unsaturated/α-hetero) is 1. The molecule has 0 amide bonds. The Morgan fingerprint density at radius 2 is 1.16 bits per heavy atom. The molecule has 4 rings (SSSR count). The van der Waals surface area contributed by atoms with Gasteiger partial charge in [-0.25, -0.2) is 9.59 Å². The maximum atomic E-state index is 13.6. The van der Waals surface area contributed by atoms with Gasteiger partial charge < -0.3 is 14.9 Å². The first-order chi connectivity index (χ1) is 25.4. The van der Waals surface area contributed by atoms with Gasteiger partial charge in [0.2, 0.25) is 0 Å². The molecule has 292 valence electrons. The minimum atomic E-state index is -5.19. The van der Waals surface area contributed by atoms with Crippen LogP contribution < -0.4 is 0 Å². The molecule has 2 N–H and O–H groups in total. The number of ether oxygens (including phenoxy) is 1. The van der Waals surface area contributed by atoms with Gasteiger partial charge in [-0.15, -0.1) is 0 Å². The van der Waals surface area contributed by atoms with Crippen LogP contribution in [0.1, 0.15) is 77.0 Å². The summed E-state index contributed by atoms with van der Waals surface area (Å²) in [6, 6.07) is 13.7. The van der Waals surface area contributed by atoms with E-state index in [1.54, 1.807) is 13.8 Å². The van der Waals surface area contributed by atoms with Gasteiger partial charge in [0.15, 0.2) is 17.2 Å². The molecule has 0 bridgehead atoms. The summed E-state index contributed by atoms with van der Waals surface area (Å²) in [5.74, 6) is -3.70. The fourth-order valence-electron chi connectivity index (χ4n) is 5.08. The van der Waals surface area contributed by atoms with E-state index >= 15 is 0 Å². The Kier molecular flexibility index (Phi) is 14.8. The number of benzene rings is 4. The Morgan fingerprint density at radius 3 is 1.62 bits per heavy atom. The van der Waals surface area contributed by atoms with Crippen LogP contribution in [0.25, 0.3) is 5.57 Å². The van der Waals surface area contributed by atoms with Crippen molar-refractivity contribution < 1.29 is 60.5 Å². The first-order valence-corrected chi connectivity index (χ1v) is 17.1. The Hall–Kier alpha value is -4.40. The highest BCUT2D eigenvalue weighted by molar-refractivity contribution is 6.35. The van der Waals surface area contributed by atoms with E-state index in [-0.39, 0.29) is 60.1 Å². The zero-order valence-electron chi connectivity index (χ0n) is 28.6. The molecule has 4 aromatic rings. The van der Waals surface area contributed by atoms with E-state index in [0.29, 0.717) is 11.6 Å². The van der Waals surface area contributed by atoms with Crippen LogP contribution in [0.15, 0.2) is 78.9 Å². The van der Waals surface area contributed by atoms with Gasteiger partial charge in [-0.1, -0.05) is 58.5 Å². The molecule has 0 saturated carbocycles. The summed E-state index contributed by atoms with van der Waals surface area (Å²) in [6.07, 6.45) is -10.8. The maximum absolute atomic E-state index is 13.6. The van der Waals surface area contributed by atoms with E-state index < -0.39 is 59.0 Å². The van der Waals surface area contributed by atoms with Gasteiger partial charge in [0, 0.05) is 31.2 Å². The van der Waals surface area contributed by atoms with Crippen LogP contribution in [0, 0.1) is 13.8 Å². The Bertz CT molecular complexity index is 2130. The number of rotatable bonds is 10. The van der Waals surface area contributed by atoms with E-state index in [1.807, 2.05) is 0 Å². The van der Waals surface area contributed by atoms with Gasteiger partial charge >= 0.3 is 24.3 Å². The fourth-order valence-corrected chi connectivity index (χ4v) is 6.13.